The van der Waals surface area contributed by atoms with E-state index in [9.17, 15) is 14.4 Å². The van der Waals surface area contributed by atoms with Crippen LogP contribution in [0.15, 0.2) is 146 Å². The van der Waals surface area contributed by atoms with Crippen LogP contribution >= 0.6 is 0 Å². The molecule has 6 heteroatoms. The zero-order chi connectivity index (χ0) is 58.5. The Balaban J connectivity index is 4.45. The van der Waals surface area contributed by atoms with E-state index in [0.29, 0.717) is 19.3 Å². The Bertz CT molecular complexity index is 1760. The number of hydrogen-bond acceptors (Lipinski definition) is 6. The second-order valence-corrected chi connectivity index (χ2v) is 21.6. The van der Waals surface area contributed by atoms with E-state index >= 15 is 0 Å². The van der Waals surface area contributed by atoms with Crippen LogP contribution in [0.2, 0.25) is 0 Å². The minimum absolute atomic E-state index is 0.115. The van der Waals surface area contributed by atoms with Crippen LogP contribution in [-0.4, -0.2) is 37.2 Å². The average molecular weight is 1120 g/mol. The minimum atomic E-state index is -0.829. The molecule has 0 aromatic rings. The van der Waals surface area contributed by atoms with E-state index in [2.05, 4.69) is 161 Å². The van der Waals surface area contributed by atoms with Gasteiger partial charge in [0.05, 0.1) is 0 Å². The summed E-state index contributed by atoms with van der Waals surface area (Å²) in [5.74, 6) is -1.00. The van der Waals surface area contributed by atoms with Gasteiger partial charge in [0, 0.05) is 19.3 Å². The summed E-state index contributed by atoms with van der Waals surface area (Å²) in [6, 6.07) is 0. The highest BCUT2D eigenvalue weighted by Crippen LogP contribution is 2.15. The molecule has 0 bridgehead atoms. The van der Waals surface area contributed by atoms with Crippen LogP contribution < -0.4 is 0 Å². The van der Waals surface area contributed by atoms with E-state index in [1.54, 1.807) is 0 Å². The van der Waals surface area contributed by atoms with Crippen LogP contribution in [0.1, 0.15) is 290 Å². The van der Waals surface area contributed by atoms with E-state index in [4.69, 9.17) is 14.2 Å². The van der Waals surface area contributed by atoms with E-state index in [-0.39, 0.29) is 31.6 Å². The molecule has 81 heavy (non-hydrogen) atoms. The summed E-state index contributed by atoms with van der Waals surface area (Å²) in [6.45, 7) is 6.35. The van der Waals surface area contributed by atoms with Gasteiger partial charge in [0.2, 0.25) is 0 Å². The van der Waals surface area contributed by atoms with Crippen molar-refractivity contribution in [3.63, 3.8) is 0 Å². The van der Waals surface area contributed by atoms with Crippen LogP contribution in [0, 0.1) is 0 Å². The zero-order valence-electron chi connectivity index (χ0n) is 52.5. The highest BCUT2D eigenvalue weighted by Gasteiger charge is 2.19. The summed E-state index contributed by atoms with van der Waals surface area (Å²) in [4.78, 5) is 38.4. The molecule has 6 nitrogen and oxygen atoms in total. The topological polar surface area (TPSA) is 78.9 Å². The zero-order valence-corrected chi connectivity index (χ0v) is 52.5. The smallest absolute Gasteiger partial charge is 0.306 e. The first-order valence-corrected chi connectivity index (χ1v) is 33.3. The molecule has 0 saturated heterocycles. The molecule has 0 aromatic heterocycles. The van der Waals surface area contributed by atoms with Crippen molar-refractivity contribution in [1.29, 1.82) is 0 Å². The molecule has 0 fully saturated rings. The van der Waals surface area contributed by atoms with E-state index in [0.717, 1.165) is 109 Å². The second kappa shape index (κ2) is 67.8. The van der Waals surface area contributed by atoms with E-state index < -0.39 is 12.1 Å². The number of carbonyl (C=O) groups is 3. The number of rotatable bonds is 59. The van der Waals surface area contributed by atoms with Gasteiger partial charge in [0.1, 0.15) is 13.2 Å². The predicted molar refractivity (Wildman–Crippen MR) is 352 cm³/mol. The molecule has 0 N–H and O–H groups in total. The fourth-order valence-corrected chi connectivity index (χ4v) is 8.90. The number of unbranched alkanes of at least 4 members (excludes halogenated alkanes) is 24. The second-order valence-electron chi connectivity index (χ2n) is 21.6. The molecule has 0 aliphatic heterocycles. The fourth-order valence-electron chi connectivity index (χ4n) is 8.90. The molecule has 0 radical (unpaired) electrons. The maximum Gasteiger partial charge on any atom is 0.306 e. The van der Waals surface area contributed by atoms with Crippen LogP contribution in [0.4, 0.5) is 0 Å². The molecule has 1 unspecified atom stereocenters. The summed E-state index contributed by atoms with van der Waals surface area (Å²) in [5.41, 5.74) is 0. The SMILES string of the molecule is CC/C=C\C/C=C\C/C=C\C/C=C\C/C=C\C/C=C\CCC(=O)OC(COC(=O)CCCCCCCCC/C=C\CCCCCCCC)COC(=O)CCCCCCCCCCCCC/C=C\C/C=C\C/C=C\C/C=C\C/C=C\CC. The maximum atomic E-state index is 12.9. The maximum absolute atomic E-state index is 12.9. The molecule has 1 atom stereocenters. The third kappa shape index (κ3) is 66.0. The molecule has 0 aliphatic carbocycles. The van der Waals surface area contributed by atoms with Gasteiger partial charge < -0.3 is 14.2 Å². The molecule has 0 heterocycles. The van der Waals surface area contributed by atoms with Gasteiger partial charge in [-0.3, -0.25) is 14.4 Å². The van der Waals surface area contributed by atoms with Crippen molar-refractivity contribution < 1.29 is 28.6 Å². The normalized spacial score (nSPS) is 13.1. The van der Waals surface area contributed by atoms with Crippen molar-refractivity contribution in [2.24, 2.45) is 0 Å². The first kappa shape index (κ1) is 76.3. The highest BCUT2D eigenvalue weighted by molar-refractivity contribution is 5.71. The minimum Gasteiger partial charge on any atom is -0.462 e. The van der Waals surface area contributed by atoms with Crippen molar-refractivity contribution in [2.45, 2.75) is 297 Å². The van der Waals surface area contributed by atoms with E-state index in [1.165, 1.54) is 135 Å². The molecule has 0 aromatic carbocycles. The number of esters is 3. The lowest BCUT2D eigenvalue weighted by molar-refractivity contribution is -0.166. The number of ether oxygens (including phenoxy) is 3. The van der Waals surface area contributed by atoms with Crippen molar-refractivity contribution in [3.8, 4) is 0 Å². The lowest BCUT2D eigenvalue weighted by Gasteiger charge is -2.18. The van der Waals surface area contributed by atoms with Crippen LogP contribution in [0.5, 0.6) is 0 Å². The lowest BCUT2D eigenvalue weighted by atomic mass is 10.0. The van der Waals surface area contributed by atoms with E-state index in [1.807, 2.05) is 6.08 Å². The largest absolute Gasteiger partial charge is 0.462 e. The van der Waals surface area contributed by atoms with Gasteiger partial charge in [-0.05, 0) is 128 Å². The first-order valence-electron chi connectivity index (χ1n) is 33.3. The number of carbonyl (C=O) groups excluding carboxylic acids is 3. The molecule has 0 amide bonds. The van der Waals surface area contributed by atoms with Gasteiger partial charge in [-0.15, -0.1) is 0 Å². The Labute approximate surface area is 499 Å². The Morgan fingerprint density at radius 2 is 0.506 bits per heavy atom. The summed E-state index contributed by atoms with van der Waals surface area (Å²) in [6.07, 6.45) is 97.2. The molecule has 0 spiro atoms. The highest BCUT2D eigenvalue weighted by atomic mass is 16.6. The number of allylic oxidation sites excluding steroid dienone is 24. The number of hydrogen-bond donors (Lipinski definition) is 0. The van der Waals surface area contributed by atoms with Crippen molar-refractivity contribution in [3.05, 3.63) is 146 Å². The standard InChI is InChI=1S/C75H122O6/c1-4-7-10-13-16-19-22-25-28-31-33-34-35-36-37-38-39-40-42-44-47-50-53-56-59-62-65-68-74(77)80-71-72(70-79-73(76)67-64-61-58-55-52-49-46-43-30-27-24-21-18-15-12-9-6-3)81-75(78)69-66-63-60-57-54-51-48-45-41-32-29-26-23-20-17-14-11-8-5-2/h7-8,10-11,16-17,19-20,25-30,33-34,36-37,41,45,51,54,60,63,72H,4-6,9,12-15,18,21-24,31-32,35,38-40,42-44,46-50,52-53,55-59,61-62,64-71H2,1-3H3/b10-7-,11-8-,19-16-,20-17-,28-25-,29-26-,30-27-,34-33-,37-36-,45-41-,54-51-,63-60-. The fraction of sp³-hybridized carbons (Fsp3) is 0.640. The van der Waals surface area contributed by atoms with Gasteiger partial charge >= 0.3 is 17.9 Å². The molecule has 0 rings (SSSR count). The molecular formula is C75H122O6. The lowest BCUT2D eigenvalue weighted by Crippen LogP contribution is -2.30. The van der Waals surface area contributed by atoms with Crippen LogP contribution in [0.3, 0.4) is 0 Å². The van der Waals surface area contributed by atoms with Crippen molar-refractivity contribution >= 4 is 17.9 Å². The van der Waals surface area contributed by atoms with Crippen LogP contribution in [0.25, 0.3) is 0 Å². The van der Waals surface area contributed by atoms with Gasteiger partial charge in [0.25, 0.3) is 0 Å². The van der Waals surface area contributed by atoms with Gasteiger partial charge in [0.15, 0.2) is 6.10 Å². The average Bonchev–Trinajstić information content (AvgIpc) is 3.47. The van der Waals surface area contributed by atoms with Gasteiger partial charge in [-0.25, -0.2) is 0 Å². The third-order valence-electron chi connectivity index (χ3n) is 13.8. The Morgan fingerprint density at radius 1 is 0.259 bits per heavy atom. The summed E-state index contributed by atoms with van der Waals surface area (Å²) < 4.78 is 16.9. The Morgan fingerprint density at radius 3 is 0.815 bits per heavy atom. The first-order chi connectivity index (χ1) is 40.0. The summed E-state index contributed by atoms with van der Waals surface area (Å²) >= 11 is 0. The molecular weight excluding hydrogens is 997 g/mol. The quantitative estimate of drug-likeness (QED) is 0.0261. The van der Waals surface area contributed by atoms with Gasteiger partial charge in [-0.1, -0.05) is 289 Å². The van der Waals surface area contributed by atoms with Gasteiger partial charge in [-0.2, -0.15) is 0 Å². The summed E-state index contributed by atoms with van der Waals surface area (Å²) in [7, 11) is 0. The van der Waals surface area contributed by atoms with Crippen molar-refractivity contribution in [2.75, 3.05) is 13.2 Å². The predicted octanol–water partition coefficient (Wildman–Crippen LogP) is 23.1. The molecule has 0 aliphatic rings. The monoisotopic (exact) mass is 1120 g/mol. The van der Waals surface area contributed by atoms with Crippen LogP contribution in [-0.2, 0) is 28.6 Å². The molecule has 0 saturated carbocycles. The Hall–Kier alpha value is -4.71. The van der Waals surface area contributed by atoms with Crippen molar-refractivity contribution in [1.82, 2.24) is 0 Å². The summed E-state index contributed by atoms with van der Waals surface area (Å²) in [5, 5.41) is 0. The molecule has 458 valence electrons. The Kier molecular flexibility index (Phi) is 63.9. The third-order valence-corrected chi connectivity index (χ3v) is 13.8.